The summed E-state index contributed by atoms with van der Waals surface area (Å²) in [6, 6.07) is 0.177. The van der Waals surface area contributed by atoms with Crippen molar-refractivity contribution in [1.29, 1.82) is 0 Å². The molecule has 1 aromatic carbocycles. The van der Waals surface area contributed by atoms with Gasteiger partial charge in [0, 0.05) is 44.8 Å². The largest absolute Gasteiger partial charge is 0.375 e. The zero-order valence-electron chi connectivity index (χ0n) is 15.7. The van der Waals surface area contributed by atoms with E-state index in [2.05, 4.69) is 15.3 Å². The van der Waals surface area contributed by atoms with Crippen molar-refractivity contribution >= 4 is 41.3 Å². The van der Waals surface area contributed by atoms with Crippen molar-refractivity contribution in [3.05, 3.63) is 51.0 Å². The fraction of sp³-hybridized carbons (Fsp3) is 0.412. The summed E-state index contributed by atoms with van der Waals surface area (Å²) >= 11 is 1.46. The number of benzene rings is 1. The molecule has 0 fully saturated rings. The van der Waals surface area contributed by atoms with Crippen LogP contribution < -0.4 is 5.32 Å². The Balaban J connectivity index is 0.00000392. The molecule has 0 saturated heterocycles. The van der Waals surface area contributed by atoms with Gasteiger partial charge in [0.1, 0.15) is 11.1 Å². The van der Waals surface area contributed by atoms with Crippen LogP contribution >= 0.6 is 35.3 Å². The summed E-state index contributed by atoms with van der Waals surface area (Å²) in [5.74, 6) is -5.48. The Morgan fingerprint density at radius 1 is 1.29 bits per heavy atom. The number of guanidine groups is 1. The van der Waals surface area contributed by atoms with Crippen molar-refractivity contribution in [2.75, 3.05) is 21.2 Å². The summed E-state index contributed by atoms with van der Waals surface area (Å²) in [4.78, 5) is 10.1. The van der Waals surface area contributed by atoms with Crippen molar-refractivity contribution in [1.82, 2.24) is 15.2 Å². The number of thiazole rings is 1. The maximum atomic E-state index is 13.8. The van der Waals surface area contributed by atoms with Crippen LogP contribution in [-0.2, 0) is 17.8 Å². The minimum absolute atomic E-state index is 0. The average molecular weight is 532 g/mol. The molecular formula is C17H21F4IN4OS. The molecule has 11 heteroatoms. The zero-order chi connectivity index (χ0) is 20.1. The highest BCUT2D eigenvalue weighted by molar-refractivity contribution is 14.0. The van der Waals surface area contributed by atoms with Crippen molar-refractivity contribution in [2.24, 2.45) is 4.99 Å². The molecule has 1 aromatic heterocycles. The van der Waals surface area contributed by atoms with E-state index < -0.39 is 35.4 Å². The summed E-state index contributed by atoms with van der Waals surface area (Å²) in [5, 5.41) is 5.39. The molecule has 1 N–H and O–H groups in total. The van der Waals surface area contributed by atoms with Gasteiger partial charge in [-0.05, 0) is 6.92 Å². The minimum Gasteiger partial charge on any atom is -0.375 e. The first kappa shape index (κ1) is 24.6. The minimum atomic E-state index is -1.45. The van der Waals surface area contributed by atoms with E-state index in [0.29, 0.717) is 6.54 Å². The van der Waals surface area contributed by atoms with E-state index in [-0.39, 0.29) is 42.1 Å². The number of methoxy groups -OCH3 is 1. The maximum Gasteiger partial charge on any atom is 0.194 e. The number of aliphatic imine (C=N–C) groups is 1. The third kappa shape index (κ3) is 5.77. The topological polar surface area (TPSA) is 49.8 Å². The number of halogens is 5. The van der Waals surface area contributed by atoms with Gasteiger partial charge >= 0.3 is 0 Å². The molecule has 156 valence electrons. The van der Waals surface area contributed by atoms with E-state index in [1.54, 1.807) is 19.1 Å². The first-order valence-electron chi connectivity index (χ1n) is 7.99. The first-order chi connectivity index (χ1) is 12.8. The Bertz CT molecular complexity index is 807. The first-order valence-corrected chi connectivity index (χ1v) is 8.87. The fourth-order valence-corrected chi connectivity index (χ4v) is 3.17. The second-order valence-corrected chi connectivity index (χ2v) is 6.65. The number of hydrogen-bond acceptors (Lipinski definition) is 4. The number of aromatic nitrogens is 1. The van der Waals surface area contributed by atoms with Crippen LogP contribution in [0, 0.1) is 23.3 Å². The second-order valence-electron chi connectivity index (χ2n) is 5.76. The number of nitrogens with one attached hydrogen (secondary N) is 1. The Hall–Kier alpha value is -1.47. The molecule has 2 rings (SSSR count). The Morgan fingerprint density at radius 2 is 1.89 bits per heavy atom. The van der Waals surface area contributed by atoms with Crippen LogP contribution in [0.3, 0.4) is 0 Å². The van der Waals surface area contributed by atoms with E-state index in [1.165, 1.54) is 18.4 Å². The van der Waals surface area contributed by atoms with Gasteiger partial charge in [0.25, 0.3) is 0 Å². The monoisotopic (exact) mass is 532 g/mol. The van der Waals surface area contributed by atoms with Crippen molar-refractivity contribution in [3.63, 3.8) is 0 Å². The molecule has 1 atom stereocenters. The van der Waals surface area contributed by atoms with Crippen molar-refractivity contribution < 1.29 is 22.3 Å². The molecule has 0 aliphatic heterocycles. The lowest BCUT2D eigenvalue weighted by molar-refractivity contribution is 0.119. The number of ether oxygens (including phenoxy) is 1. The molecule has 1 unspecified atom stereocenters. The van der Waals surface area contributed by atoms with Crippen LogP contribution in [-0.4, -0.2) is 37.0 Å². The standard InChI is InChI=1S/C17H20F4N4OS.HI/c1-9(26-4)16-24-10(8-27-16)7-25(3)17(22-2)23-6-11-14(20)12(18)5-13(19)15(11)21;/h5,8-9H,6-7H2,1-4H3,(H,22,23);1H. The molecule has 28 heavy (non-hydrogen) atoms. The molecule has 0 aliphatic rings. The molecule has 5 nitrogen and oxygen atoms in total. The summed E-state index contributed by atoms with van der Waals surface area (Å²) in [6.07, 6.45) is -0.125. The average Bonchev–Trinajstić information content (AvgIpc) is 3.10. The van der Waals surface area contributed by atoms with Crippen LogP contribution in [0.25, 0.3) is 0 Å². The third-order valence-corrected chi connectivity index (χ3v) is 4.92. The van der Waals surface area contributed by atoms with Crippen LogP contribution in [0.4, 0.5) is 17.6 Å². The number of rotatable bonds is 6. The molecule has 0 spiro atoms. The second kappa shape index (κ2) is 10.9. The highest BCUT2D eigenvalue weighted by Gasteiger charge is 2.20. The molecule has 1 heterocycles. The lowest BCUT2D eigenvalue weighted by Crippen LogP contribution is -2.38. The number of hydrogen-bond donors (Lipinski definition) is 1. The molecule has 0 saturated carbocycles. The van der Waals surface area contributed by atoms with E-state index >= 15 is 0 Å². The van der Waals surface area contributed by atoms with E-state index in [1.807, 2.05) is 12.3 Å². The lowest BCUT2D eigenvalue weighted by Gasteiger charge is -2.21. The van der Waals surface area contributed by atoms with Gasteiger partial charge in [0.2, 0.25) is 0 Å². The highest BCUT2D eigenvalue weighted by Crippen LogP contribution is 2.21. The molecule has 0 bridgehead atoms. The quantitative estimate of drug-likeness (QED) is 0.199. The van der Waals surface area contributed by atoms with Crippen LogP contribution in [0.1, 0.15) is 29.3 Å². The van der Waals surface area contributed by atoms with Crippen molar-refractivity contribution in [2.45, 2.75) is 26.1 Å². The Labute approximate surface area is 181 Å². The van der Waals surface area contributed by atoms with Crippen LogP contribution in [0.5, 0.6) is 0 Å². The Morgan fingerprint density at radius 3 is 2.43 bits per heavy atom. The lowest BCUT2D eigenvalue weighted by atomic mass is 10.2. The predicted octanol–water partition coefficient (Wildman–Crippen LogP) is 4.23. The highest BCUT2D eigenvalue weighted by atomic mass is 127. The van der Waals surface area contributed by atoms with Gasteiger partial charge in [-0.1, -0.05) is 0 Å². The molecule has 0 aliphatic carbocycles. The molecular weight excluding hydrogens is 511 g/mol. The summed E-state index contributed by atoms with van der Waals surface area (Å²) in [6.45, 7) is 1.79. The van der Waals surface area contributed by atoms with Gasteiger partial charge in [0.05, 0.1) is 12.2 Å². The Kier molecular flexibility index (Phi) is 9.57. The van der Waals surface area contributed by atoms with E-state index in [9.17, 15) is 17.6 Å². The van der Waals surface area contributed by atoms with Gasteiger partial charge in [0.15, 0.2) is 29.2 Å². The summed E-state index contributed by atoms with van der Waals surface area (Å²) in [5.41, 5.74) is 0.0328. The smallest absolute Gasteiger partial charge is 0.194 e. The van der Waals surface area contributed by atoms with Crippen LogP contribution in [0.2, 0.25) is 0 Å². The van der Waals surface area contributed by atoms with Crippen LogP contribution in [0.15, 0.2) is 16.4 Å². The van der Waals surface area contributed by atoms with Gasteiger partial charge in [-0.3, -0.25) is 4.99 Å². The van der Waals surface area contributed by atoms with Crippen molar-refractivity contribution in [3.8, 4) is 0 Å². The van der Waals surface area contributed by atoms with Gasteiger partial charge in [-0.15, -0.1) is 35.3 Å². The molecule has 0 amide bonds. The fourth-order valence-electron chi connectivity index (χ4n) is 2.33. The van der Waals surface area contributed by atoms with E-state index in [0.717, 1.165) is 10.7 Å². The number of nitrogens with zero attached hydrogens (tertiary/aromatic N) is 3. The van der Waals surface area contributed by atoms with Gasteiger partial charge in [-0.2, -0.15) is 0 Å². The summed E-state index contributed by atoms with van der Waals surface area (Å²) < 4.78 is 59.3. The van der Waals surface area contributed by atoms with Gasteiger partial charge < -0.3 is 15.0 Å². The maximum absolute atomic E-state index is 13.8. The third-order valence-electron chi connectivity index (χ3n) is 3.87. The molecule has 0 radical (unpaired) electrons. The summed E-state index contributed by atoms with van der Waals surface area (Å²) in [7, 11) is 4.78. The van der Waals surface area contributed by atoms with Gasteiger partial charge in [-0.25, -0.2) is 22.5 Å². The van der Waals surface area contributed by atoms with E-state index in [4.69, 9.17) is 4.74 Å². The zero-order valence-corrected chi connectivity index (χ0v) is 18.9. The molecule has 2 aromatic rings. The predicted molar refractivity (Wildman–Crippen MR) is 111 cm³/mol. The SMILES string of the molecule is CN=C(NCc1c(F)c(F)cc(F)c1F)N(C)Cc1csc(C(C)OC)n1.I. The normalized spacial score (nSPS) is 12.5.